The van der Waals surface area contributed by atoms with Crippen molar-refractivity contribution in [3.05, 3.63) is 47.7 Å². The molecule has 0 aromatic heterocycles. The van der Waals surface area contributed by atoms with Crippen LogP contribution in [0, 0.1) is 0 Å². The molecule has 0 aliphatic heterocycles. The van der Waals surface area contributed by atoms with Gasteiger partial charge in [0, 0.05) is 19.0 Å². The van der Waals surface area contributed by atoms with Crippen molar-refractivity contribution < 1.29 is 14.3 Å². The van der Waals surface area contributed by atoms with Crippen LogP contribution in [0.25, 0.3) is 0 Å². The topological polar surface area (TPSA) is 55.4 Å². The van der Waals surface area contributed by atoms with E-state index in [4.69, 9.17) is 4.74 Å². The van der Waals surface area contributed by atoms with Gasteiger partial charge in [-0.3, -0.25) is 4.79 Å². The summed E-state index contributed by atoms with van der Waals surface area (Å²) < 4.78 is 5.13. The minimum Gasteiger partial charge on any atom is -0.427 e. The van der Waals surface area contributed by atoms with E-state index < -0.39 is 5.97 Å². The molecule has 1 rings (SSSR count). The minimum absolute atomic E-state index is 0.364. The van der Waals surface area contributed by atoms with E-state index in [1.54, 1.807) is 31.3 Å². The van der Waals surface area contributed by atoms with E-state index >= 15 is 0 Å². The summed E-state index contributed by atoms with van der Waals surface area (Å²) in [6.45, 7) is 0.641. The summed E-state index contributed by atoms with van der Waals surface area (Å²) in [5.74, 6) is -0.0852. The number of aldehydes is 1. The summed E-state index contributed by atoms with van der Waals surface area (Å²) in [6.07, 6.45) is 2.37. The Labute approximate surface area is 100 Å². The van der Waals surface area contributed by atoms with E-state index in [-0.39, 0.29) is 0 Å². The summed E-state index contributed by atoms with van der Waals surface area (Å²) in [5.41, 5.74) is 0.466. The molecule has 0 saturated carbocycles. The molecular formula is C13H15NO3. The Morgan fingerprint density at radius 2 is 2.06 bits per heavy atom. The van der Waals surface area contributed by atoms with Crippen LogP contribution >= 0.6 is 0 Å². The molecule has 0 radical (unpaired) electrons. The monoisotopic (exact) mass is 233 g/mol. The summed E-state index contributed by atoms with van der Waals surface area (Å²) >= 11 is 0. The predicted octanol–water partition coefficient (Wildman–Crippen LogP) is 1.54. The lowest BCUT2D eigenvalue weighted by Gasteiger charge is -2.07. The number of hydrogen-bond donors (Lipinski definition) is 1. The van der Waals surface area contributed by atoms with Gasteiger partial charge in [-0.05, 0) is 19.2 Å². The molecule has 4 heteroatoms. The highest BCUT2D eigenvalue weighted by atomic mass is 16.5. The molecule has 0 atom stereocenters. The van der Waals surface area contributed by atoms with Gasteiger partial charge < -0.3 is 10.1 Å². The molecule has 0 unspecified atom stereocenters. The first-order valence-electron chi connectivity index (χ1n) is 5.34. The van der Waals surface area contributed by atoms with E-state index in [0.29, 0.717) is 30.6 Å². The molecule has 1 N–H and O–H groups in total. The third kappa shape index (κ3) is 4.61. The molecule has 0 aliphatic rings. The largest absolute Gasteiger partial charge is 0.427 e. The normalized spacial score (nSPS) is 11.0. The van der Waals surface area contributed by atoms with Gasteiger partial charge in [-0.1, -0.05) is 18.2 Å². The van der Waals surface area contributed by atoms with Crippen LogP contribution in [0.1, 0.15) is 16.8 Å². The fourth-order valence-electron chi connectivity index (χ4n) is 1.24. The number of nitrogens with one attached hydrogen (secondary N) is 1. The van der Waals surface area contributed by atoms with Crippen LogP contribution in [0.4, 0.5) is 0 Å². The Kier molecular flexibility index (Phi) is 5.68. The molecule has 4 nitrogen and oxygen atoms in total. The van der Waals surface area contributed by atoms with Crippen LogP contribution in [0.3, 0.4) is 0 Å². The van der Waals surface area contributed by atoms with Crippen LogP contribution in [-0.2, 0) is 9.53 Å². The Hall–Kier alpha value is -1.94. The highest BCUT2D eigenvalue weighted by Gasteiger charge is 2.09. The number of ether oxygens (including phenoxy) is 1. The van der Waals surface area contributed by atoms with Crippen LogP contribution < -0.4 is 5.32 Å². The maximum atomic E-state index is 11.7. The first kappa shape index (κ1) is 13.1. The third-order valence-electron chi connectivity index (χ3n) is 2.11. The average Bonchev–Trinajstić information content (AvgIpc) is 2.37. The first-order valence-corrected chi connectivity index (χ1v) is 5.34. The van der Waals surface area contributed by atoms with Crippen molar-refractivity contribution in [2.75, 3.05) is 13.6 Å². The Morgan fingerprint density at radius 3 is 2.65 bits per heavy atom. The molecule has 17 heavy (non-hydrogen) atoms. The third-order valence-corrected chi connectivity index (χ3v) is 2.11. The van der Waals surface area contributed by atoms with Gasteiger partial charge in [-0.2, -0.15) is 0 Å². The van der Waals surface area contributed by atoms with Crippen molar-refractivity contribution in [3.8, 4) is 0 Å². The molecule has 1 aromatic carbocycles. The standard InChI is InChI=1S/C13H15NO3/c1-14-9-7-12(8-10-15)17-13(16)11-5-3-2-4-6-11/h2-6,8,10,14H,7,9H2,1H3/b12-8+. The van der Waals surface area contributed by atoms with Crippen LogP contribution in [0.5, 0.6) is 0 Å². The SMILES string of the molecule is CNCC/C(=C\C=O)OC(=O)c1ccccc1. The maximum absolute atomic E-state index is 11.7. The van der Waals surface area contributed by atoms with E-state index in [2.05, 4.69) is 5.32 Å². The zero-order chi connectivity index (χ0) is 12.5. The van der Waals surface area contributed by atoms with E-state index in [1.165, 1.54) is 6.08 Å². The molecule has 0 spiro atoms. The number of hydrogen-bond acceptors (Lipinski definition) is 4. The number of benzene rings is 1. The first-order chi connectivity index (χ1) is 8.27. The summed E-state index contributed by atoms with van der Waals surface area (Å²) in [4.78, 5) is 22.1. The number of carbonyl (C=O) groups excluding carboxylic acids is 2. The molecule has 90 valence electrons. The van der Waals surface area contributed by atoms with Crippen molar-refractivity contribution in [3.63, 3.8) is 0 Å². The second-order valence-electron chi connectivity index (χ2n) is 3.38. The lowest BCUT2D eigenvalue weighted by Crippen LogP contribution is -2.12. The van der Waals surface area contributed by atoms with Crippen molar-refractivity contribution in [2.45, 2.75) is 6.42 Å². The van der Waals surface area contributed by atoms with Crippen LogP contribution in [0.2, 0.25) is 0 Å². The smallest absolute Gasteiger partial charge is 0.343 e. The molecule has 0 saturated heterocycles. The fourth-order valence-corrected chi connectivity index (χ4v) is 1.24. The van der Waals surface area contributed by atoms with E-state index in [1.807, 2.05) is 6.07 Å². The highest BCUT2D eigenvalue weighted by Crippen LogP contribution is 2.08. The maximum Gasteiger partial charge on any atom is 0.343 e. The van der Waals surface area contributed by atoms with Gasteiger partial charge in [0.1, 0.15) is 12.0 Å². The second-order valence-corrected chi connectivity index (χ2v) is 3.38. The fraction of sp³-hybridized carbons (Fsp3) is 0.231. The van der Waals surface area contributed by atoms with Crippen LogP contribution in [0.15, 0.2) is 42.2 Å². The predicted molar refractivity (Wildman–Crippen MR) is 64.5 cm³/mol. The van der Waals surface area contributed by atoms with E-state index in [9.17, 15) is 9.59 Å². The molecule has 0 fully saturated rings. The van der Waals surface area contributed by atoms with Gasteiger partial charge >= 0.3 is 5.97 Å². The summed E-state index contributed by atoms with van der Waals surface area (Å²) in [7, 11) is 1.79. The molecule has 0 bridgehead atoms. The van der Waals surface area contributed by atoms with Gasteiger partial charge in [0.15, 0.2) is 0 Å². The lowest BCUT2D eigenvalue weighted by molar-refractivity contribution is -0.104. The lowest BCUT2D eigenvalue weighted by atomic mass is 10.2. The van der Waals surface area contributed by atoms with Crippen LogP contribution in [-0.4, -0.2) is 25.8 Å². The Morgan fingerprint density at radius 1 is 1.35 bits per heavy atom. The number of rotatable bonds is 6. The summed E-state index contributed by atoms with van der Waals surface area (Å²) in [5, 5.41) is 2.92. The molecule has 0 amide bonds. The second kappa shape index (κ2) is 7.35. The van der Waals surface area contributed by atoms with Crippen molar-refractivity contribution >= 4 is 12.3 Å². The molecular weight excluding hydrogens is 218 g/mol. The Balaban J connectivity index is 2.65. The van der Waals surface area contributed by atoms with E-state index in [0.717, 1.165) is 0 Å². The summed E-state index contributed by atoms with van der Waals surface area (Å²) in [6, 6.07) is 8.67. The average molecular weight is 233 g/mol. The zero-order valence-corrected chi connectivity index (χ0v) is 9.68. The minimum atomic E-state index is -0.449. The van der Waals surface area contributed by atoms with Crippen molar-refractivity contribution in [1.29, 1.82) is 0 Å². The highest BCUT2D eigenvalue weighted by molar-refractivity contribution is 5.90. The van der Waals surface area contributed by atoms with Gasteiger partial charge in [-0.25, -0.2) is 4.79 Å². The van der Waals surface area contributed by atoms with Gasteiger partial charge in [0.25, 0.3) is 0 Å². The molecule has 0 aliphatic carbocycles. The Bertz CT molecular complexity index is 398. The van der Waals surface area contributed by atoms with Crippen molar-refractivity contribution in [2.24, 2.45) is 0 Å². The number of carbonyl (C=O) groups is 2. The quantitative estimate of drug-likeness (QED) is 0.350. The molecule has 0 heterocycles. The molecule has 1 aromatic rings. The number of allylic oxidation sites excluding steroid dienone is 1. The van der Waals surface area contributed by atoms with Gasteiger partial charge in [0.05, 0.1) is 5.56 Å². The zero-order valence-electron chi connectivity index (χ0n) is 9.68. The van der Waals surface area contributed by atoms with Crippen molar-refractivity contribution in [1.82, 2.24) is 5.32 Å². The van der Waals surface area contributed by atoms with Gasteiger partial charge in [-0.15, -0.1) is 0 Å². The van der Waals surface area contributed by atoms with Gasteiger partial charge in [0.2, 0.25) is 0 Å². The number of esters is 1.